The van der Waals surface area contributed by atoms with E-state index >= 15 is 0 Å². The Hall–Kier alpha value is -1.93. The van der Waals surface area contributed by atoms with Gasteiger partial charge < -0.3 is 10.1 Å². The molecule has 0 saturated heterocycles. The number of nitrogens with one attached hydrogen (secondary N) is 1. The van der Waals surface area contributed by atoms with Crippen LogP contribution >= 0.6 is 0 Å². The Kier molecular flexibility index (Phi) is 8.64. The van der Waals surface area contributed by atoms with Crippen LogP contribution in [-0.4, -0.2) is 45.3 Å². The zero-order valence-corrected chi connectivity index (χ0v) is 18.4. The standard InChI is InChI=1S/C21H32N2O5S/c1-16-12-13-18(14-19(16)29(26,27)23(2)3)22-20(24)15-28-21(25)11-7-10-17-8-5-4-6-9-17/h12-14,17H,4-11,15H2,1-3H3,(H,22,24). The summed E-state index contributed by atoms with van der Waals surface area (Å²) in [5.41, 5.74) is 0.926. The third kappa shape index (κ3) is 7.12. The van der Waals surface area contributed by atoms with Gasteiger partial charge in [-0.2, -0.15) is 0 Å². The summed E-state index contributed by atoms with van der Waals surface area (Å²) in [6.07, 6.45) is 8.52. The van der Waals surface area contributed by atoms with Gasteiger partial charge in [0.1, 0.15) is 0 Å². The number of aryl methyl sites for hydroxylation is 1. The minimum absolute atomic E-state index is 0.125. The molecule has 1 aromatic carbocycles. The molecule has 0 aromatic heterocycles. The lowest BCUT2D eigenvalue weighted by molar-refractivity contribution is -0.147. The number of rotatable bonds is 9. The van der Waals surface area contributed by atoms with Gasteiger partial charge in [-0.05, 0) is 43.4 Å². The molecule has 0 bridgehead atoms. The zero-order chi connectivity index (χ0) is 21.4. The third-order valence-corrected chi connectivity index (χ3v) is 7.27. The number of esters is 1. The molecular formula is C21H32N2O5S. The van der Waals surface area contributed by atoms with E-state index in [4.69, 9.17) is 4.74 Å². The fourth-order valence-electron chi connectivity index (χ4n) is 3.58. The SMILES string of the molecule is Cc1ccc(NC(=O)COC(=O)CCCC2CCCCC2)cc1S(=O)(=O)N(C)C. The molecule has 0 aliphatic heterocycles. The molecule has 0 unspecified atom stereocenters. The highest BCUT2D eigenvalue weighted by molar-refractivity contribution is 7.89. The van der Waals surface area contributed by atoms with Crippen LogP contribution in [0.15, 0.2) is 23.1 Å². The number of anilines is 1. The smallest absolute Gasteiger partial charge is 0.306 e. The lowest BCUT2D eigenvalue weighted by atomic mass is 9.86. The molecule has 2 rings (SSSR count). The van der Waals surface area contributed by atoms with Crippen LogP contribution in [0.4, 0.5) is 5.69 Å². The van der Waals surface area contributed by atoms with Gasteiger partial charge in [-0.15, -0.1) is 0 Å². The van der Waals surface area contributed by atoms with E-state index in [0.717, 1.165) is 17.1 Å². The van der Waals surface area contributed by atoms with Gasteiger partial charge in [0.2, 0.25) is 10.0 Å². The predicted molar refractivity (Wildman–Crippen MR) is 112 cm³/mol. The fourth-order valence-corrected chi connectivity index (χ4v) is 4.72. The van der Waals surface area contributed by atoms with E-state index in [-0.39, 0.29) is 17.5 Å². The van der Waals surface area contributed by atoms with Crippen molar-refractivity contribution in [3.63, 3.8) is 0 Å². The maximum atomic E-state index is 12.4. The molecule has 0 heterocycles. The second-order valence-corrected chi connectivity index (χ2v) is 9.99. The van der Waals surface area contributed by atoms with Crippen molar-refractivity contribution in [1.82, 2.24) is 4.31 Å². The van der Waals surface area contributed by atoms with Crippen molar-refractivity contribution >= 4 is 27.6 Å². The van der Waals surface area contributed by atoms with Crippen molar-refractivity contribution < 1.29 is 22.7 Å². The summed E-state index contributed by atoms with van der Waals surface area (Å²) in [5, 5.41) is 2.58. The van der Waals surface area contributed by atoms with E-state index in [0.29, 0.717) is 23.6 Å². The highest BCUT2D eigenvalue weighted by Crippen LogP contribution is 2.27. The summed E-state index contributed by atoms with van der Waals surface area (Å²) in [5.74, 6) is -0.160. The molecule has 1 aliphatic carbocycles. The van der Waals surface area contributed by atoms with Crippen molar-refractivity contribution in [1.29, 1.82) is 0 Å². The lowest BCUT2D eigenvalue weighted by Gasteiger charge is -2.20. The number of hydrogen-bond acceptors (Lipinski definition) is 5. The molecule has 1 N–H and O–H groups in total. The molecule has 0 radical (unpaired) electrons. The second-order valence-electron chi connectivity index (χ2n) is 7.87. The Morgan fingerprint density at radius 3 is 2.52 bits per heavy atom. The van der Waals surface area contributed by atoms with Gasteiger partial charge in [0.25, 0.3) is 5.91 Å². The number of hydrogen-bond donors (Lipinski definition) is 1. The molecule has 0 atom stereocenters. The summed E-state index contributed by atoms with van der Waals surface area (Å²) >= 11 is 0. The van der Waals surface area contributed by atoms with Crippen LogP contribution in [0.1, 0.15) is 56.9 Å². The minimum Gasteiger partial charge on any atom is -0.456 e. The summed E-state index contributed by atoms with van der Waals surface area (Å²) in [4.78, 5) is 24.1. The van der Waals surface area contributed by atoms with E-state index in [9.17, 15) is 18.0 Å². The lowest BCUT2D eigenvalue weighted by Crippen LogP contribution is -2.24. The fraction of sp³-hybridized carbons (Fsp3) is 0.619. The van der Waals surface area contributed by atoms with Crippen LogP contribution in [-0.2, 0) is 24.3 Å². The van der Waals surface area contributed by atoms with Gasteiger partial charge in [0, 0.05) is 26.2 Å². The van der Waals surface area contributed by atoms with Gasteiger partial charge in [-0.25, -0.2) is 12.7 Å². The summed E-state index contributed by atoms with van der Waals surface area (Å²) in [6.45, 7) is 1.31. The highest BCUT2D eigenvalue weighted by atomic mass is 32.2. The van der Waals surface area contributed by atoms with Gasteiger partial charge in [-0.3, -0.25) is 9.59 Å². The average Bonchev–Trinajstić information content (AvgIpc) is 2.68. The number of carbonyl (C=O) groups is 2. The number of nitrogens with zero attached hydrogens (tertiary/aromatic N) is 1. The van der Waals surface area contributed by atoms with Crippen LogP contribution in [0.5, 0.6) is 0 Å². The maximum Gasteiger partial charge on any atom is 0.306 e. The quantitative estimate of drug-likeness (QED) is 0.613. The van der Waals surface area contributed by atoms with Crippen LogP contribution in [0.25, 0.3) is 0 Å². The molecule has 1 fully saturated rings. The molecule has 1 aliphatic rings. The molecule has 162 valence electrons. The van der Waals surface area contributed by atoms with E-state index in [1.54, 1.807) is 19.1 Å². The maximum absolute atomic E-state index is 12.4. The van der Waals surface area contributed by atoms with E-state index in [1.165, 1.54) is 52.3 Å². The first-order chi connectivity index (χ1) is 13.7. The van der Waals surface area contributed by atoms with Gasteiger partial charge in [0.15, 0.2) is 6.61 Å². The van der Waals surface area contributed by atoms with E-state index in [2.05, 4.69) is 5.32 Å². The molecule has 1 saturated carbocycles. The Balaban J connectivity index is 1.79. The van der Waals surface area contributed by atoms with Crippen molar-refractivity contribution in [2.24, 2.45) is 5.92 Å². The third-order valence-electron chi connectivity index (χ3n) is 5.31. The van der Waals surface area contributed by atoms with Crippen LogP contribution in [0.3, 0.4) is 0 Å². The second kappa shape index (κ2) is 10.7. The topological polar surface area (TPSA) is 92.8 Å². The normalized spacial score (nSPS) is 15.3. The average molecular weight is 425 g/mol. The minimum atomic E-state index is -3.61. The highest BCUT2D eigenvalue weighted by Gasteiger charge is 2.20. The van der Waals surface area contributed by atoms with Gasteiger partial charge >= 0.3 is 5.97 Å². The van der Waals surface area contributed by atoms with Crippen molar-refractivity contribution in [2.75, 3.05) is 26.0 Å². The Morgan fingerprint density at radius 1 is 1.17 bits per heavy atom. The Labute approximate surface area is 173 Å². The number of carbonyl (C=O) groups excluding carboxylic acids is 2. The molecular weight excluding hydrogens is 392 g/mol. The summed E-state index contributed by atoms with van der Waals surface area (Å²) < 4.78 is 30.9. The molecule has 0 spiro atoms. The summed E-state index contributed by atoms with van der Waals surface area (Å²) in [7, 11) is -0.710. The monoisotopic (exact) mass is 424 g/mol. The largest absolute Gasteiger partial charge is 0.456 e. The summed E-state index contributed by atoms with van der Waals surface area (Å²) in [6, 6.07) is 4.66. The molecule has 29 heavy (non-hydrogen) atoms. The Morgan fingerprint density at radius 2 is 1.86 bits per heavy atom. The van der Waals surface area contributed by atoms with Crippen molar-refractivity contribution in [2.45, 2.75) is 63.2 Å². The van der Waals surface area contributed by atoms with Gasteiger partial charge in [-0.1, -0.05) is 38.2 Å². The molecule has 7 nitrogen and oxygen atoms in total. The number of ether oxygens (including phenoxy) is 1. The van der Waals surface area contributed by atoms with Crippen molar-refractivity contribution in [3.05, 3.63) is 23.8 Å². The molecule has 1 amide bonds. The predicted octanol–water partition coefficient (Wildman–Crippen LogP) is 3.48. The zero-order valence-electron chi connectivity index (χ0n) is 17.6. The number of benzene rings is 1. The molecule has 1 aromatic rings. The van der Waals surface area contributed by atoms with Gasteiger partial charge in [0.05, 0.1) is 4.90 Å². The van der Waals surface area contributed by atoms with Crippen LogP contribution < -0.4 is 5.32 Å². The van der Waals surface area contributed by atoms with Crippen LogP contribution in [0, 0.1) is 12.8 Å². The first-order valence-electron chi connectivity index (χ1n) is 10.2. The van der Waals surface area contributed by atoms with Crippen LogP contribution in [0.2, 0.25) is 0 Å². The van der Waals surface area contributed by atoms with Crippen molar-refractivity contribution in [3.8, 4) is 0 Å². The number of amides is 1. The first-order valence-corrected chi connectivity index (χ1v) is 11.6. The number of sulfonamides is 1. The molecule has 8 heteroatoms. The Bertz CT molecular complexity index is 814. The van der Waals surface area contributed by atoms with E-state index < -0.39 is 15.9 Å². The first kappa shape index (κ1) is 23.3. The van der Waals surface area contributed by atoms with E-state index in [1.807, 2.05) is 0 Å².